The Morgan fingerprint density at radius 3 is 2.53 bits per heavy atom. The second-order valence-electron chi connectivity index (χ2n) is 4.51. The standard InChI is InChI=1S/C11H19F3N4O/c1-7(2)18-10(9(19-3)6-16-18)8(17-15)4-5-11(12,13)14/h6-8,17H,4-5,15H2,1-3H3. The average molecular weight is 280 g/mol. The summed E-state index contributed by atoms with van der Waals surface area (Å²) in [7, 11) is 1.45. The minimum atomic E-state index is -4.22. The first-order valence-electron chi connectivity index (χ1n) is 5.94. The van der Waals surface area contributed by atoms with Gasteiger partial charge in [-0.3, -0.25) is 16.0 Å². The van der Waals surface area contributed by atoms with E-state index in [-0.39, 0.29) is 12.5 Å². The van der Waals surface area contributed by atoms with Gasteiger partial charge in [-0.05, 0) is 20.3 Å². The number of nitrogens with zero attached hydrogens (tertiary/aromatic N) is 2. The van der Waals surface area contributed by atoms with Crippen LogP contribution in [0.1, 0.15) is 44.5 Å². The van der Waals surface area contributed by atoms with E-state index in [1.165, 1.54) is 13.3 Å². The molecule has 19 heavy (non-hydrogen) atoms. The lowest BCUT2D eigenvalue weighted by atomic mass is 10.1. The summed E-state index contributed by atoms with van der Waals surface area (Å²) in [6.07, 6.45) is -3.83. The number of rotatable bonds is 6. The molecule has 1 aromatic rings. The van der Waals surface area contributed by atoms with E-state index >= 15 is 0 Å². The van der Waals surface area contributed by atoms with Crippen molar-refractivity contribution >= 4 is 0 Å². The first kappa shape index (κ1) is 15.8. The molecule has 8 heteroatoms. The molecule has 1 unspecified atom stereocenters. The van der Waals surface area contributed by atoms with Crippen molar-refractivity contribution in [3.05, 3.63) is 11.9 Å². The molecule has 0 spiro atoms. The van der Waals surface area contributed by atoms with E-state index < -0.39 is 18.6 Å². The van der Waals surface area contributed by atoms with Crippen LogP contribution in [0.2, 0.25) is 0 Å². The number of halogens is 3. The highest BCUT2D eigenvalue weighted by molar-refractivity contribution is 5.28. The van der Waals surface area contributed by atoms with Gasteiger partial charge in [0.15, 0.2) is 5.75 Å². The number of aromatic nitrogens is 2. The molecule has 5 nitrogen and oxygen atoms in total. The zero-order chi connectivity index (χ0) is 14.6. The van der Waals surface area contributed by atoms with E-state index in [1.807, 2.05) is 13.8 Å². The van der Waals surface area contributed by atoms with Gasteiger partial charge >= 0.3 is 6.18 Å². The fraction of sp³-hybridized carbons (Fsp3) is 0.727. The quantitative estimate of drug-likeness (QED) is 0.620. The molecule has 0 radical (unpaired) electrons. The van der Waals surface area contributed by atoms with E-state index in [9.17, 15) is 13.2 Å². The topological polar surface area (TPSA) is 65.1 Å². The highest BCUT2D eigenvalue weighted by Crippen LogP contribution is 2.32. The van der Waals surface area contributed by atoms with Gasteiger partial charge in [0.05, 0.1) is 25.0 Å². The molecule has 0 aromatic carbocycles. The molecule has 0 amide bonds. The van der Waals surface area contributed by atoms with Crippen molar-refractivity contribution in [1.82, 2.24) is 15.2 Å². The summed E-state index contributed by atoms with van der Waals surface area (Å²) in [6.45, 7) is 3.76. The second-order valence-corrected chi connectivity index (χ2v) is 4.51. The number of nitrogens with one attached hydrogen (secondary N) is 1. The Bertz CT molecular complexity index is 403. The van der Waals surface area contributed by atoms with Crippen LogP contribution in [0.5, 0.6) is 5.75 Å². The SMILES string of the molecule is COc1cnn(C(C)C)c1C(CCC(F)(F)F)NN. The normalized spacial score (nSPS) is 13.9. The van der Waals surface area contributed by atoms with Crippen molar-refractivity contribution in [3.8, 4) is 5.75 Å². The Labute approximate surface area is 109 Å². The minimum Gasteiger partial charge on any atom is -0.493 e. The number of ether oxygens (including phenoxy) is 1. The molecule has 0 fully saturated rings. The summed E-state index contributed by atoms with van der Waals surface area (Å²) < 4.78 is 43.7. The maximum absolute atomic E-state index is 12.3. The van der Waals surface area contributed by atoms with Gasteiger partial charge in [-0.15, -0.1) is 0 Å². The van der Waals surface area contributed by atoms with E-state index in [0.717, 1.165) is 0 Å². The van der Waals surface area contributed by atoms with Crippen LogP contribution in [-0.2, 0) is 0 Å². The van der Waals surface area contributed by atoms with Crippen LogP contribution < -0.4 is 16.0 Å². The fourth-order valence-corrected chi connectivity index (χ4v) is 1.86. The van der Waals surface area contributed by atoms with Crippen LogP contribution in [-0.4, -0.2) is 23.1 Å². The lowest BCUT2D eigenvalue weighted by molar-refractivity contribution is -0.136. The van der Waals surface area contributed by atoms with Gasteiger partial charge < -0.3 is 4.74 Å². The van der Waals surface area contributed by atoms with Crippen molar-refractivity contribution < 1.29 is 17.9 Å². The molecule has 1 atom stereocenters. The van der Waals surface area contributed by atoms with Gasteiger partial charge in [0, 0.05) is 12.5 Å². The molecule has 1 rings (SSSR count). The molecular formula is C11H19F3N4O. The van der Waals surface area contributed by atoms with Gasteiger partial charge in [-0.2, -0.15) is 18.3 Å². The summed E-state index contributed by atoms with van der Waals surface area (Å²) in [5.41, 5.74) is 2.94. The number of hydrogen-bond acceptors (Lipinski definition) is 4. The van der Waals surface area contributed by atoms with Gasteiger partial charge in [-0.25, -0.2) is 0 Å². The van der Waals surface area contributed by atoms with Crippen LogP contribution >= 0.6 is 0 Å². The molecule has 0 saturated heterocycles. The third-order valence-corrected chi connectivity index (χ3v) is 2.76. The molecule has 110 valence electrons. The van der Waals surface area contributed by atoms with E-state index in [2.05, 4.69) is 10.5 Å². The van der Waals surface area contributed by atoms with Gasteiger partial charge in [-0.1, -0.05) is 0 Å². The predicted octanol–water partition coefficient (Wildman–Crippen LogP) is 2.32. The monoisotopic (exact) mass is 280 g/mol. The van der Waals surface area contributed by atoms with E-state index in [0.29, 0.717) is 11.4 Å². The largest absolute Gasteiger partial charge is 0.493 e. The first-order chi connectivity index (χ1) is 8.80. The van der Waals surface area contributed by atoms with Crippen LogP contribution in [0.4, 0.5) is 13.2 Å². The van der Waals surface area contributed by atoms with Crippen LogP contribution in [0, 0.1) is 0 Å². The Morgan fingerprint density at radius 1 is 1.47 bits per heavy atom. The summed E-state index contributed by atoms with van der Waals surface area (Å²) in [5, 5.41) is 4.11. The maximum Gasteiger partial charge on any atom is 0.389 e. The Hall–Kier alpha value is -1.28. The highest BCUT2D eigenvalue weighted by Gasteiger charge is 2.31. The number of hydrogen-bond donors (Lipinski definition) is 2. The number of methoxy groups -OCH3 is 1. The van der Waals surface area contributed by atoms with Gasteiger partial charge in [0.2, 0.25) is 0 Å². The summed E-state index contributed by atoms with van der Waals surface area (Å²) in [6, 6.07) is -0.665. The number of nitrogens with two attached hydrogens (primary N) is 1. The molecule has 0 bridgehead atoms. The Kier molecular flexibility index (Phi) is 5.19. The zero-order valence-corrected chi connectivity index (χ0v) is 11.2. The first-order valence-corrected chi connectivity index (χ1v) is 5.94. The van der Waals surface area contributed by atoms with Crippen LogP contribution in [0.15, 0.2) is 6.20 Å². The third-order valence-electron chi connectivity index (χ3n) is 2.76. The third kappa shape index (κ3) is 4.10. The zero-order valence-electron chi connectivity index (χ0n) is 11.2. The van der Waals surface area contributed by atoms with Crippen molar-refractivity contribution in [2.45, 2.75) is 44.9 Å². The second kappa shape index (κ2) is 6.25. The molecule has 0 aliphatic heterocycles. The van der Waals surface area contributed by atoms with Crippen molar-refractivity contribution in [2.24, 2.45) is 5.84 Å². The molecule has 1 heterocycles. The fourth-order valence-electron chi connectivity index (χ4n) is 1.86. The highest BCUT2D eigenvalue weighted by atomic mass is 19.4. The lowest BCUT2D eigenvalue weighted by Gasteiger charge is -2.21. The Balaban J connectivity index is 2.99. The number of hydrazine groups is 1. The molecule has 1 aromatic heterocycles. The smallest absolute Gasteiger partial charge is 0.389 e. The summed E-state index contributed by atoms with van der Waals surface area (Å²) >= 11 is 0. The molecule has 0 aliphatic rings. The lowest BCUT2D eigenvalue weighted by Crippen LogP contribution is -2.31. The summed E-state index contributed by atoms with van der Waals surface area (Å²) in [4.78, 5) is 0. The van der Waals surface area contributed by atoms with Crippen molar-refractivity contribution in [1.29, 1.82) is 0 Å². The molecule has 3 N–H and O–H groups in total. The maximum atomic E-state index is 12.3. The molecule has 0 aliphatic carbocycles. The summed E-state index contributed by atoms with van der Waals surface area (Å²) in [5.74, 6) is 5.80. The predicted molar refractivity (Wildman–Crippen MR) is 64.5 cm³/mol. The average Bonchev–Trinajstić information content (AvgIpc) is 2.72. The van der Waals surface area contributed by atoms with Crippen molar-refractivity contribution in [2.75, 3.05) is 7.11 Å². The number of alkyl halides is 3. The Morgan fingerprint density at radius 2 is 2.11 bits per heavy atom. The van der Waals surface area contributed by atoms with E-state index in [4.69, 9.17) is 10.6 Å². The van der Waals surface area contributed by atoms with Crippen LogP contribution in [0.25, 0.3) is 0 Å². The van der Waals surface area contributed by atoms with Crippen molar-refractivity contribution in [3.63, 3.8) is 0 Å². The van der Waals surface area contributed by atoms with Gasteiger partial charge in [0.1, 0.15) is 0 Å². The molecule has 0 saturated carbocycles. The van der Waals surface area contributed by atoms with E-state index in [1.54, 1.807) is 4.68 Å². The molecular weight excluding hydrogens is 261 g/mol. The minimum absolute atomic E-state index is 0.000590. The van der Waals surface area contributed by atoms with Crippen LogP contribution in [0.3, 0.4) is 0 Å². The van der Waals surface area contributed by atoms with Gasteiger partial charge in [0.25, 0.3) is 0 Å².